The van der Waals surface area contributed by atoms with Gasteiger partial charge in [-0.3, -0.25) is 10.2 Å². The Bertz CT molecular complexity index is 719. The van der Waals surface area contributed by atoms with Crippen molar-refractivity contribution in [1.29, 1.82) is 0 Å². The smallest absolute Gasteiger partial charge is 0.196 e. The van der Waals surface area contributed by atoms with E-state index in [9.17, 15) is 4.79 Å². The molecule has 0 saturated carbocycles. The molecule has 1 heterocycles. The van der Waals surface area contributed by atoms with E-state index in [0.29, 0.717) is 5.84 Å². The van der Waals surface area contributed by atoms with Crippen molar-refractivity contribution in [1.82, 2.24) is 4.90 Å². The lowest BCUT2D eigenvalue weighted by Gasteiger charge is -2.28. The normalized spacial score (nSPS) is 15.2. The molecular formula is C20H23N3O. The zero-order valence-corrected chi connectivity index (χ0v) is 14.0. The molecule has 3 rings (SSSR count). The second kappa shape index (κ2) is 7.77. The highest BCUT2D eigenvalue weighted by Crippen LogP contribution is 2.22. The minimum absolute atomic E-state index is 0.00335. The molecule has 124 valence electrons. The number of nitrogens with one attached hydrogen (secondary N) is 1. The van der Waals surface area contributed by atoms with E-state index in [0.717, 1.165) is 42.7 Å². The van der Waals surface area contributed by atoms with E-state index in [1.54, 1.807) is 6.92 Å². The topological polar surface area (TPSA) is 44.7 Å². The number of amidine groups is 1. The first-order valence-electron chi connectivity index (χ1n) is 8.49. The van der Waals surface area contributed by atoms with Gasteiger partial charge >= 0.3 is 0 Å². The van der Waals surface area contributed by atoms with Gasteiger partial charge in [0.05, 0.1) is 5.69 Å². The molecule has 1 aliphatic rings. The maximum Gasteiger partial charge on any atom is 0.196 e. The molecule has 0 amide bonds. The van der Waals surface area contributed by atoms with Gasteiger partial charge in [0.25, 0.3) is 0 Å². The molecule has 1 aliphatic heterocycles. The average Bonchev–Trinajstić information content (AvgIpc) is 2.63. The molecular weight excluding hydrogens is 298 g/mol. The summed E-state index contributed by atoms with van der Waals surface area (Å²) in [4.78, 5) is 14.0. The number of Topliss-reactive ketones (excluding diaryl/α,β-unsaturated/α-hetero) is 1. The molecule has 0 spiro atoms. The minimum atomic E-state index is 0.00335. The molecule has 2 aromatic rings. The van der Waals surface area contributed by atoms with Crippen LogP contribution in [0.25, 0.3) is 11.1 Å². The molecule has 1 fully saturated rings. The fourth-order valence-corrected chi connectivity index (χ4v) is 2.99. The molecule has 1 saturated heterocycles. The standard InChI is InChI=1S/C20H23N3O/c1-16(24)20(23-13-6-3-7-14-23)22-21-19-12-8-11-18(15-19)17-9-4-2-5-10-17/h2,4-5,8-12,15,21H,3,6-7,13-14H2,1H3. The monoisotopic (exact) mass is 321 g/mol. The van der Waals surface area contributed by atoms with Crippen LogP contribution in [0.2, 0.25) is 0 Å². The highest BCUT2D eigenvalue weighted by molar-refractivity contribution is 6.37. The van der Waals surface area contributed by atoms with Crippen LogP contribution in [0.1, 0.15) is 26.2 Å². The van der Waals surface area contributed by atoms with Crippen molar-refractivity contribution in [3.05, 3.63) is 54.6 Å². The lowest BCUT2D eigenvalue weighted by molar-refractivity contribution is -0.111. The van der Waals surface area contributed by atoms with Crippen molar-refractivity contribution in [2.45, 2.75) is 26.2 Å². The van der Waals surface area contributed by atoms with E-state index in [2.05, 4.69) is 33.6 Å². The first-order valence-corrected chi connectivity index (χ1v) is 8.49. The van der Waals surface area contributed by atoms with Gasteiger partial charge in [-0.15, -0.1) is 0 Å². The van der Waals surface area contributed by atoms with Gasteiger partial charge in [0.1, 0.15) is 0 Å². The summed E-state index contributed by atoms with van der Waals surface area (Å²) in [6, 6.07) is 18.3. The summed E-state index contributed by atoms with van der Waals surface area (Å²) in [6.45, 7) is 3.39. The number of hydrogen-bond donors (Lipinski definition) is 1. The van der Waals surface area contributed by atoms with E-state index >= 15 is 0 Å². The summed E-state index contributed by atoms with van der Waals surface area (Å²) in [5, 5.41) is 4.39. The number of carbonyl (C=O) groups excluding carboxylic acids is 1. The van der Waals surface area contributed by atoms with Gasteiger partial charge in [-0.1, -0.05) is 42.5 Å². The van der Waals surface area contributed by atoms with Crippen molar-refractivity contribution >= 4 is 17.3 Å². The van der Waals surface area contributed by atoms with Crippen LogP contribution < -0.4 is 5.43 Å². The third-order valence-electron chi connectivity index (χ3n) is 4.23. The predicted octanol–water partition coefficient (Wildman–Crippen LogP) is 4.15. The summed E-state index contributed by atoms with van der Waals surface area (Å²) in [5.74, 6) is 0.531. The van der Waals surface area contributed by atoms with E-state index in [4.69, 9.17) is 0 Å². The van der Waals surface area contributed by atoms with E-state index in [1.807, 2.05) is 36.4 Å². The summed E-state index contributed by atoms with van der Waals surface area (Å²) in [5.41, 5.74) is 6.22. The van der Waals surface area contributed by atoms with Crippen LogP contribution in [0.5, 0.6) is 0 Å². The third kappa shape index (κ3) is 4.02. The largest absolute Gasteiger partial charge is 0.352 e. The number of carbonyl (C=O) groups is 1. The summed E-state index contributed by atoms with van der Waals surface area (Å²) in [6.07, 6.45) is 3.47. The van der Waals surface area contributed by atoms with E-state index < -0.39 is 0 Å². The quantitative estimate of drug-likeness (QED) is 0.522. The molecule has 0 unspecified atom stereocenters. The van der Waals surface area contributed by atoms with Crippen molar-refractivity contribution < 1.29 is 4.79 Å². The number of nitrogens with zero attached hydrogens (tertiary/aromatic N) is 2. The summed E-state index contributed by atoms with van der Waals surface area (Å²) in [7, 11) is 0. The van der Waals surface area contributed by atoms with Gasteiger partial charge in [-0.05, 0) is 42.5 Å². The fourth-order valence-electron chi connectivity index (χ4n) is 2.99. The third-order valence-corrected chi connectivity index (χ3v) is 4.23. The summed E-state index contributed by atoms with van der Waals surface area (Å²) < 4.78 is 0. The molecule has 2 aromatic carbocycles. The van der Waals surface area contributed by atoms with Gasteiger partial charge < -0.3 is 4.90 Å². The number of likely N-dealkylation sites (tertiary alicyclic amines) is 1. The lowest BCUT2D eigenvalue weighted by atomic mass is 10.1. The van der Waals surface area contributed by atoms with Crippen molar-refractivity contribution in [3.63, 3.8) is 0 Å². The molecule has 0 bridgehead atoms. The predicted molar refractivity (Wildman–Crippen MR) is 99.0 cm³/mol. The van der Waals surface area contributed by atoms with Crippen LogP contribution in [0.4, 0.5) is 5.69 Å². The second-order valence-electron chi connectivity index (χ2n) is 6.10. The highest BCUT2D eigenvalue weighted by atomic mass is 16.1. The Hall–Kier alpha value is -2.62. The Morgan fingerprint density at radius 1 is 0.958 bits per heavy atom. The number of benzene rings is 2. The molecule has 4 nitrogen and oxygen atoms in total. The van der Waals surface area contributed by atoms with Crippen molar-refractivity contribution in [2.24, 2.45) is 5.10 Å². The average molecular weight is 321 g/mol. The zero-order chi connectivity index (χ0) is 16.8. The maximum absolute atomic E-state index is 11.9. The van der Waals surface area contributed by atoms with Gasteiger partial charge in [0, 0.05) is 20.0 Å². The van der Waals surface area contributed by atoms with E-state index in [1.165, 1.54) is 6.42 Å². The van der Waals surface area contributed by atoms with Crippen LogP contribution in [0.15, 0.2) is 59.7 Å². The minimum Gasteiger partial charge on any atom is -0.352 e. The molecule has 1 N–H and O–H groups in total. The summed E-state index contributed by atoms with van der Waals surface area (Å²) >= 11 is 0. The van der Waals surface area contributed by atoms with E-state index in [-0.39, 0.29) is 5.78 Å². The number of hydrazone groups is 1. The molecule has 0 atom stereocenters. The van der Waals surface area contributed by atoms with Crippen LogP contribution in [0, 0.1) is 0 Å². The Morgan fingerprint density at radius 2 is 1.67 bits per heavy atom. The van der Waals surface area contributed by atoms with Crippen LogP contribution in [-0.2, 0) is 4.79 Å². The van der Waals surface area contributed by atoms with Gasteiger partial charge in [0.2, 0.25) is 0 Å². The van der Waals surface area contributed by atoms with Crippen molar-refractivity contribution in [3.8, 4) is 11.1 Å². The first-order chi connectivity index (χ1) is 11.7. The molecule has 24 heavy (non-hydrogen) atoms. The highest BCUT2D eigenvalue weighted by Gasteiger charge is 2.18. The second-order valence-corrected chi connectivity index (χ2v) is 6.10. The van der Waals surface area contributed by atoms with Gasteiger partial charge in [-0.2, -0.15) is 5.10 Å². The Morgan fingerprint density at radius 3 is 2.38 bits per heavy atom. The maximum atomic E-state index is 11.9. The van der Waals surface area contributed by atoms with Gasteiger partial charge in [-0.25, -0.2) is 0 Å². The Balaban J connectivity index is 1.78. The Labute approximate surface area is 143 Å². The Kier molecular flexibility index (Phi) is 5.26. The molecule has 0 aromatic heterocycles. The SMILES string of the molecule is CC(=O)C(=NNc1cccc(-c2ccccc2)c1)N1CCCCC1. The van der Waals surface area contributed by atoms with Crippen LogP contribution in [0.3, 0.4) is 0 Å². The number of anilines is 1. The fraction of sp³-hybridized carbons (Fsp3) is 0.300. The number of rotatable bonds is 4. The van der Waals surface area contributed by atoms with Crippen LogP contribution in [-0.4, -0.2) is 29.6 Å². The first kappa shape index (κ1) is 16.2. The van der Waals surface area contributed by atoms with Crippen molar-refractivity contribution in [2.75, 3.05) is 18.5 Å². The number of hydrogen-bond acceptors (Lipinski definition) is 3. The molecule has 0 aliphatic carbocycles. The molecule has 0 radical (unpaired) electrons. The number of ketones is 1. The van der Waals surface area contributed by atoms with Crippen LogP contribution >= 0.6 is 0 Å². The number of piperidine rings is 1. The van der Waals surface area contributed by atoms with Gasteiger partial charge in [0.15, 0.2) is 11.6 Å². The zero-order valence-electron chi connectivity index (χ0n) is 14.0. The molecule has 4 heteroatoms. The lowest BCUT2D eigenvalue weighted by Crippen LogP contribution is -2.39.